The lowest BCUT2D eigenvalue weighted by atomic mass is 10.2. The van der Waals surface area contributed by atoms with E-state index in [1.54, 1.807) is 11.8 Å². The predicted molar refractivity (Wildman–Crippen MR) is 55.1 cm³/mol. The van der Waals surface area contributed by atoms with Gasteiger partial charge in [-0.2, -0.15) is 8.75 Å². The van der Waals surface area contributed by atoms with Gasteiger partial charge in [-0.15, -0.1) is 0 Å². The molecule has 0 saturated carbocycles. The van der Waals surface area contributed by atoms with E-state index in [1.165, 1.54) is 11.7 Å². The first-order valence-corrected chi connectivity index (χ1v) is 5.74. The SMILES string of the molecule is CC(C)C(C)Sc1nsnc1Cl. The average Bonchev–Trinajstić information content (AvgIpc) is 2.36. The van der Waals surface area contributed by atoms with E-state index < -0.39 is 0 Å². The van der Waals surface area contributed by atoms with E-state index in [2.05, 4.69) is 29.5 Å². The highest BCUT2D eigenvalue weighted by molar-refractivity contribution is 8.00. The summed E-state index contributed by atoms with van der Waals surface area (Å²) >= 11 is 8.66. The van der Waals surface area contributed by atoms with Crippen LogP contribution in [-0.2, 0) is 0 Å². The van der Waals surface area contributed by atoms with Crippen molar-refractivity contribution >= 4 is 35.1 Å². The van der Waals surface area contributed by atoms with Crippen LogP contribution in [0, 0.1) is 5.92 Å². The number of aromatic nitrogens is 2. The molecule has 68 valence electrons. The van der Waals surface area contributed by atoms with Gasteiger partial charge in [0.2, 0.25) is 0 Å². The molecule has 1 aromatic rings. The second-order valence-corrected chi connectivity index (χ2v) is 5.18. The lowest BCUT2D eigenvalue weighted by Gasteiger charge is -2.12. The maximum absolute atomic E-state index is 5.80. The zero-order valence-electron chi connectivity index (χ0n) is 7.24. The molecule has 0 aliphatic heterocycles. The summed E-state index contributed by atoms with van der Waals surface area (Å²) in [4.78, 5) is 0. The standard InChI is InChI=1S/C7H11ClN2S2/c1-4(2)5(3)11-7-6(8)9-12-10-7/h4-5H,1-3H3. The van der Waals surface area contributed by atoms with Gasteiger partial charge in [0.15, 0.2) is 5.15 Å². The molecule has 0 spiro atoms. The number of halogens is 1. The van der Waals surface area contributed by atoms with Crippen LogP contribution < -0.4 is 0 Å². The molecule has 1 aromatic heterocycles. The molecule has 1 heterocycles. The third kappa shape index (κ3) is 2.61. The van der Waals surface area contributed by atoms with Crippen molar-refractivity contribution in [3.05, 3.63) is 5.15 Å². The smallest absolute Gasteiger partial charge is 0.165 e. The minimum atomic E-state index is 0.534. The largest absolute Gasteiger partial charge is 0.176 e. The van der Waals surface area contributed by atoms with Crippen molar-refractivity contribution in [1.82, 2.24) is 8.75 Å². The number of rotatable bonds is 3. The topological polar surface area (TPSA) is 25.8 Å². The molecule has 2 nitrogen and oxygen atoms in total. The van der Waals surface area contributed by atoms with Gasteiger partial charge in [0, 0.05) is 5.25 Å². The minimum Gasteiger partial charge on any atom is -0.165 e. The molecule has 1 rings (SSSR count). The van der Waals surface area contributed by atoms with Gasteiger partial charge in [-0.1, -0.05) is 44.1 Å². The molecule has 12 heavy (non-hydrogen) atoms. The van der Waals surface area contributed by atoms with Crippen molar-refractivity contribution in [1.29, 1.82) is 0 Å². The summed E-state index contributed by atoms with van der Waals surface area (Å²) in [6.45, 7) is 6.54. The van der Waals surface area contributed by atoms with Gasteiger partial charge in [0.1, 0.15) is 5.03 Å². The molecule has 0 aliphatic carbocycles. The fourth-order valence-electron chi connectivity index (χ4n) is 0.552. The van der Waals surface area contributed by atoms with Crippen LogP contribution in [0.15, 0.2) is 5.03 Å². The second-order valence-electron chi connectivity index (χ2n) is 2.93. The van der Waals surface area contributed by atoms with E-state index in [0.717, 1.165) is 5.03 Å². The van der Waals surface area contributed by atoms with Crippen molar-refractivity contribution in [3.63, 3.8) is 0 Å². The van der Waals surface area contributed by atoms with Crippen LogP contribution in [0.2, 0.25) is 5.15 Å². The zero-order chi connectivity index (χ0) is 9.14. The molecule has 1 unspecified atom stereocenters. The van der Waals surface area contributed by atoms with E-state index >= 15 is 0 Å². The van der Waals surface area contributed by atoms with Gasteiger partial charge in [0.05, 0.1) is 11.7 Å². The van der Waals surface area contributed by atoms with Crippen LogP contribution in [0.3, 0.4) is 0 Å². The highest BCUT2D eigenvalue weighted by Crippen LogP contribution is 2.31. The van der Waals surface area contributed by atoms with Crippen LogP contribution >= 0.6 is 35.1 Å². The molecule has 0 aromatic carbocycles. The molecule has 0 N–H and O–H groups in total. The Kier molecular flexibility index (Phi) is 3.80. The van der Waals surface area contributed by atoms with E-state index in [-0.39, 0.29) is 0 Å². The van der Waals surface area contributed by atoms with Crippen molar-refractivity contribution < 1.29 is 0 Å². The van der Waals surface area contributed by atoms with Crippen LogP contribution in [0.5, 0.6) is 0 Å². The van der Waals surface area contributed by atoms with Gasteiger partial charge in [-0.3, -0.25) is 0 Å². The Hall–Kier alpha value is 0.200. The summed E-state index contributed by atoms with van der Waals surface area (Å²) < 4.78 is 8.00. The monoisotopic (exact) mass is 222 g/mol. The Balaban J connectivity index is 2.58. The third-order valence-corrected chi connectivity index (χ3v) is 4.20. The van der Waals surface area contributed by atoms with E-state index in [9.17, 15) is 0 Å². The van der Waals surface area contributed by atoms with Crippen molar-refractivity contribution in [2.45, 2.75) is 31.0 Å². The maximum Gasteiger partial charge on any atom is 0.176 e. The van der Waals surface area contributed by atoms with Crippen LogP contribution in [0.25, 0.3) is 0 Å². The zero-order valence-corrected chi connectivity index (χ0v) is 9.63. The van der Waals surface area contributed by atoms with Crippen LogP contribution in [-0.4, -0.2) is 14.0 Å². The van der Waals surface area contributed by atoms with Crippen molar-refractivity contribution in [2.75, 3.05) is 0 Å². The van der Waals surface area contributed by atoms with Crippen LogP contribution in [0.1, 0.15) is 20.8 Å². The molecule has 0 radical (unpaired) electrons. The van der Waals surface area contributed by atoms with Crippen LogP contribution in [0.4, 0.5) is 0 Å². The van der Waals surface area contributed by atoms with E-state index in [1.807, 2.05) is 0 Å². The summed E-state index contributed by atoms with van der Waals surface area (Å²) in [6.07, 6.45) is 0. The van der Waals surface area contributed by atoms with E-state index in [0.29, 0.717) is 16.3 Å². The number of hydrogen-bond acceptors (Lipinski definition) is 4. The summed E-state index contributed by atoms with van der Waals surface area (Å²) in [5.74, 6) is 0.632. The Morgan fingerprint density at radius 1 is 1.33 bits per heavy atom. The minimum absolute atomic E-state index is 0.534. The fourth-order valence-corrected chi connectivity index (χ4v) is 2.33. The quantitative estimate of drug-likeness (QED) is 0.734. The maximum atomic E-state index is 5.80. The molecular weight excluding hydrogens is 212 g/mol. The Labute approximate surface area is 86.0 Å². The average molecular weight is 223 g/mol. The third-order valence-electron chi connectivity index (χ3n) is 1.66. The first kappa shape index (κ1) is 10.3. The molecule has 5 heteroatoms. The molecule has 0 aliphatic rings. The summed E-state index contributed by atoms with van der Waals surface area (Å²) in [7, 11) is 0. The highest BCUT2D eigenvalue weighted by atomic mass is 35.5. The van der Waals surface area contributed by atoms with Crippen molar-refractivity contribution in [2.24, 2.45) is 5.92 Å². The van der Waals surface area contributed by atoms with Gasteiger partial charge < -0.3 is 0 Å². The van der Waals surface area contributed by atoms with Gasteiger partial charge in [-0.25, -0.2) is 0 Å². The first-order valence-electron chi connectivity index (χ1n) is 3.76. The first-order chi connectivity index (χ1) is 5.61. The molecule has 0 saturated heterocycles. The second kappa shape index (κ2) is 4.44. The molecular formula is C7H11ClN2S2. The molecule has 1 atom stereocenters. The Morgan fingerprint density at radius 3 is 2.42 bits per heavy atom. The lowest BCUT2D eigenvalue weighted by molar-refractivity contribution is 0.642. The molecule has 0 bridgehead atoms. The summed E-state index contributed by atoms with van der Waals surface area (Å²) in [6, 6.07) is 0. The predicted octanol–water partition coefficient (Wildman–Crippen LogP) is 3.33. The summed E-state index contributed by atoms with van der Waals surface area (Å²) in [5, 5.41) is 1.94. The number of hydrogen-bond donors (Lipinski definition) is 0. The van der Waals surface area contributed by atoms with E-state index in [4.69, 9.17) is 11.6 Å². The molecule has 0 fully saturated rings. The normalized spacial score (nSPS) is 13.8. The highest BCUT2D eigenvalue weighted by Gasteiger charge is 2.13. The Morgan fingerprint density at radius 2 is 2.00 bits per heavy atom. The molecule has 0 amide bonds. The number of nitrogens with zero attached hydrogens (tertiary/aromatic N) is 2. The lowest BCUT2D eigenvalue weighted by Crippen LogP contribution is -2.05. The van der Waals surface area contributed by atoms with Gasteiger partial charge >= 0.3 is 0 Å². The fraction of sp³-hybridized carbons (Fsp3) is 0.714. The van der Waals surface area contributed by atoms with Crippen molar-refractivity contribution in [3.8, 4) is 0 Å². The van der Waals surface area contributed by atoms with Gasteiger partial charge in [0.25, 0.3) is 0 Å². The Bertz CT molecular complexity index is 249. The summed E-state index contributed by atoms with van der Waals surface area (Å²) in [5.41, 5.74) is 0. The van der Waals surface area contributed by atoms with Gasteiger partial charge in [-0.05, 0) is 5.92 Å². The number of thioether (sulfide) groups is 1.